The van der Waals surface area contributed by atoms with Crippen LogP contribution in [0.25, 0.3) is 0 Å². The Labute approximate surface area is 51.0 Å². The van der Waals surface area contributed by atoms with Gasteiger partial charge in [0.2, 0.25) is 0 Å². The summed E-state index contributed by atoms with van der Waals surface area (Å²) in [5, 5.41) is 0. The molecule has 48 valence electrons. The van der Waals surface area contributed by atoms with Crippen LogP contribution in [-0.4, -0.2) is 13.2 Å². The van der Waals surface area contributed by atoms with Gasteiger partial charge in [0.1, 0.15) is 0 Å². The van der Waals surface area contributed by atoms with E-state index in [1.807, 2.05) is 0 Å². The minimum absolute atomic E-state index is 0.431. The number of hydrogen-bond donors (Lipinski definition) is 0. The maximum atomic E-state index is 5.27. The second kappa shape index (κ2) is 1.73. The van der Waals surface area contributed by atoms with Crippen LogP contribution >= 0.6 is 0 Å². The lowest BCUT2D eigenvalue weighted by Gasteiger charge is -2.19. The zero-order chi connectivity index (χ0) is 6.20. The maximum absolute atomic E-state index is 5.27. The largest absolute Gasteiger partial charge is 0.381 e. The predicted molar refractivity (Wildman–Crippen MR) is 33.8 cm³/mol. The molecule has 1 heteroatoms. The Balaban J connectivity index is 2.54. The molecule has 0 aliphatic carbocycles. The molecule has 0 aromatic heterocycles. The Hall–Kier alpha value is -0.0400. The molecule has 8 heavy (non-hydrogen) atoms. The fraction of sp³-hybridized carbons (Fsp3) is 1.00. The quantitative estimate of drug-likeness (QED) is 0.465. The van der Waals surface area contributed by atoms with Crippen molar-refractivity contribution in [1.82, 2.24) is 0 Å². The number of rotatable bonds is 0. The Bertz CT molecular complexity index is 86.4. The summed E-state index contributed by atoms with van der Waals surface area (Å²) in [4.78, 5) is 0. The van der Waals surface area contributed by atoms with Gasteiger partial charge in [-0.2, -0.15) is 0 Å². The molecule has 0 spiro atoms. The van der Waals surface area contributed by atoms with Crippen LogP contribution in [0.5, 0.6) is 0 Å². The van der Waals surface area contributed by atoms with Crippen LogP contribution in [0.15, 0.2) is 0 Å². The van der Waals surface area contributed by atoms with Gasteiger partial charge in [-0.05, 0) is 11.3 Å². The van der Waals surface area contributed by atoms with Crippen molar-refractivity contribution in [2.24, 2.45) is 11.3 Å². The van der Waals surface area contributed by atoms with Crippen LogP contribution in [0.2, 0.25) is 0 Å². The fourth-order valence-electron chi connectivity index (χ4n) is 0.867. The molecule has 0 aromatic carbocycles. The minimum Gasteiger partial charge on any atom is -0.381 e. The lowest BCUT2D eigenvalue weighted by molar-refractivity contribution is 0.166. The first kappa shape index (κ1) is 6.09. The molecule has 1 heterocycles. The van der Waals surface area contributed by atoms with Crippen LogP contribution in [0, 0.1) is 11.3 Å². The third-order valence-electron chi connectivity index (χ3n) is 2.18. The van der Waals surface area contributed by atoms with Crippen molar-refractivity contribution < 1.29 is 4.74 Å². The molecular formula is C7H14O. The summed E-state index contributed by atoms with van der Waals surface area (Å²) in [6, 6.07) is 0. The average Bonchev–Trinajstić information content (AvgIpc) is 1.86. The van der Waals surface area contributed by atoms with Crippen LogP contribution < -0.4 is 0 Å². The van der Waals surface area contributed by atoms with E-state index >= 15 is 0 Å². The van der Waals surface area contributed by atoms with Crippen molar-refractivity contribution in [1.29, 1.82) is 0 Å². The van der Waals surface area contributed by atoms with Crippen LogP contribution in [0.3, 0.4) is 0 Å². The molecule has 0 amide bonds. The van der Waals surface area contributed by atoms with E-state index in [4.69, 9.17) is 4.74 Å². The van der Waals surface area contributed by atoms with Gasteiger partial charge in [0.15, 0.2) is 0 Å². The molecule has 1 nitrogen and oxygen atoms in total. The van der Waals surface area contributed by atoms with Gasteiger partial charge >= 0.3 is 0 Å². The molecule has 1 saturated heterocycles. The summed E-state index contributed by atoms with van der Waals surface area (Å²) in [5.41, 5.74) is 0.431. The van der Waals surface area contributed by atoms with Gasteiger partial charge in [0.05, 0.1) is 6.61 Å². The molecule has 0 aromatic rings. The third-order valence-corrected chi connectivity index (χ3v) is 2.18. The monoisotopic (exact) mass is 114 g/mol. The zero-order valence-electron chi connectivity index (χ0n) is 5.90. The molecule has 0 N–H and O–H groups in total. The highest BCUT2D eigenvalue weighted by molar-refractivity contribution is 4.79. The molecule has 1 fully saturated rings. The van der Waals surface area contributed by atoms with E-state index in [1.54, 1.807) is 0 Å². The van der Waals surface area contributed by atoms with E-state index in [-0.39, 0.29) is 0 Å². The first-order chi connectivity index (χ1) is 3.63. The van der Waals surface area contributed by atoms with E-state index in [9.17, 15) is 0 Å². The molecule has 0 saturated carbocycles. The Kier molecular flexibility index (Phi) is 1.31. The molecule has 1 rings (SSSR count). The van der Waals surface area contributed by atoms with Crippen molar-refractivity contribution in [2.75, 3.05) is 13.2 Å². The summed E-state index contributed by atoms with van der Waals surface area (Å²) in [7, 11) is 0. The normalized spacial score (nSPS) is 35.6. The highest BCUT2D eigenvalue weighted by Crippen LogP contribution is 2.32. The molecule has 1 aliphatic heterocycles. The summed E-state index contributed by atoms with van der Waals surface area (Å²) in [6.45, 7) is 8.64. The Morgan fingerprint density at radius 1 is 1.50 bits per heavy atom. The van der Waals surface area contributed by atoms with Crippen molar-refractivity contribution in [3.05, 3.63) is 0 Å². The first-order valence-corrected chi connectivity index (χ1v) is 3.21. The smallest absolute Gasteiger partial charge is 0.0520 e. The van der Waals surface area contributed by atoms with Crippen molar-refractivity contribution in [3.63, 3.8) is 0 Å². The van der Waals surface area contributed by atoms with E-state index in [1.165, 1.54) is 0 Å². The SMILES string of the molecule is C[C@H]1COCC1(C)C. The second-order valence-electron chi connectivity index (χ2n) is 3.40. The summed E-state index contributed by atoms with van der Waals surface area (Å²) in [6.07, 6.45) is 0. The van der Waals surface area contributed by atoms with E-state index in [2.05, 4.69) is 20.8 Å². The summed E-state index contributed by atoms with van der Waals surface area (Å²) < 4.78 is 5.27. The summed E-state index contributed by atoms with van der Waals surface area (Å²) in [5.74, 6) is 0.738. The van der Waals surface area contributed by atoms with Crippen molar-refractivity contribution in [2.45, 2.75) is 20.8 Å². The standard InChI is InChI=1S/C7H14O/c1-6-4-8-5-7(6,2)3/h6H,4-5H2,1-3H3/t6-/m0/s1. The zero-order valence-corrected chi connectivity index (χ0v) is 5.90. The molecular weight excluding hydrogens is 100 g/mol. The van der Waals surface area contributed by atoms with E-state index in [0.29, 0.717) is 5.41 Å². The lowest BCUT2D eigenvalue weighted by Crippen LogP contribution is -2.18. The Morgan fingerprint density at radius 3 is 2.25 bits per heavy atom. The van der Waals surface area contributed by atoms with Gasteiger partial charge in [-0.3, -0.25) is 0 Å². The Morgan fingerprint density at radius 2 is 2.12 bits per heavy atom. The van der Waals surface area contributed by atoms with Crippen molar-refractivity contribution >= 4 is 0 Å². The average molecular weight is 114 g/mol. The molecule has 0 radical (unpaired) electrons. The molecule has 0 unspecified atom stereocenters. The van der Waals surface area contributed by atoms with Gasteiger partial charge in [-0.15, -0.1) is 0 Å². The number of hydrogen-bond acceptors (Lipinski definition) is 1. The molecule has 0 bridgehead atoms. The first-order valence-electron chi connectivity index (χ1n) is 3.21. The van der Waals surface area contributed by atoms with Gasteiger partial charge in [-0.1, -0.05) is 20.8 Å². The van der Waals surface area contributed by atoms with E-state index < -0.39 is 0 Å². The van der Waals surface area contributed by atoms with Gasteiger partial charge in [0, 0.05) is 6.61 Å². The van der Waals surface area contributed by atoms with Gasteiger partial charge < -0.3 is 4.74 Å². The van der Waals surface area contributed by atoms with Gasteiger partial charge in [-0.25, -0.2) is 0 Å². The number of ether oxygens (including phenoxy) is 1. The highest BCUT2D eigenvalue weighted by Gasteiger charge is 2.31. The van der Waals surface area contributed by atoms with Crippen molar-refractivity contribution in [3.8, 4) is 0 Å². The lowest BCUT2D eigenvalue weighted by atomic mass is 9.84. The fourth-order valence-corrected chi connectivity index (χ4v) is 0.867. The molecule has 1 atom stereocenters. The maximum Gasteiger partial charge on any atom is 0.0520 e. The topological polar surface area (TPSA) is 9.23 Å². The van der Waals surface area contributed by atoms with E-state index in [0.717, 1.165) is 19.1 Å². The van der Waals surface area contributed by atoms with Crippen LogP contribution in [-0.2, 0) is 4.74 Å². The molecule has 1 aliphatic rings. The highest BCUT2D eigenvalue weighted by atomic mass is 16.5. The van der Waals surface area contributed by atoms with Crippen LogP contribution in [0.4, 0.5) is 0 Å². The van der Waals surface area contributed by atoms with Crippen LogP contribution in [0.1, 0.15) is 20.8 Å². The van der Waals surface area contributed by atoms with Gasteiger partial charge in [0.25, 0.3) is 0 Å². The second-order valence-corrected chi connectivity index (χ2v) is 3.40. The minimum atomic E-state index is 0.431. The predicted octanol–water partition coefficient (Wildman–Crippen LogP) is 1.68. The third kappa shape index (κ3) is 0.873. The summed E-state index contributed by atoms with van der Waals surface area (Å²) >= 11 is 0.